The second-order valence-corrected chi connectivity index (χ2v) is 5.97. The summed E-state index contributed by atoms with van der Waals surface area (Å²) in [5.41, 5.74) is 1.04. The van der Waals surface area contributed by atoms with E-state index in [1.165, 1.54) is 13.8 Å². The van der Waals surface area contributed by atoms with Crippen molar-refractivity contribution in [1.82, 2.24) is 4.98 Å². The zero-order valence-corrected chi connectivity index (χ0v) is 13.1. The fourth-order valence-electron chi connectivity index (χ4n) is 1.82. The summed E-state index contributed by atoms with van der Waals surface area (Å²) in [5.74, 6) is 0.623. The van der Waals surface area contributed by atoms with E-state index in [-0.39, 0.29) is 11.0 Å². The van der Waals surface area contributed by atoms with Crippen LogP contribution < -0.4 is 5.32 Å². The number of amides is 1. The van der Waals surface area contributed by atoms with Crippen LogP contribution in [0.1, 0.15) is 37.6 Å². The number of thioether (sulfide) groups is 1. The van der Waals surface area contributed by atoms with Crippen LogP contribution in [0.5, 0.6) is 0 Å². The fraction of sp³-hybridized carbons (Fsp3) is 0.500. The van der Waals surface area contributed by atoms with E-state index in [0.717, 1.165) is 11.8 Å². The molecule has 6 nitrogen and oxygen atoms in total. The molecule has 7 heteroatoms. The molecule has 1 rings (SSSR count). The Balaban J connectivity index is 2.70. The fourth-order valence-corrected chi connectivity index (χ4v) is 2.47. The highest BCUT2D eigenvalue weighted by Gasteiger charge is 2.21. The standard InChI is InChI=1S/C14H20N2O4S/c1-8-11(4-5-13(15-8)16-9(2)17)14(20)12(19)6-7-21-10(3)18/h4-5,12,14,19-20H,6-7H2,1-3H3,(H,15,16,17). The minimum Gasteiger partial charge on any atom is -0.390 e. The van der Waals surface area contributed by atoms with Gasteiger partial charge in [0.25, 0.3) is 0 Å². The number of aromatic nitrogens is 1. The van der Waals surface area contributed by atoms with Crippen LogP contribution in [0.3, 0.4) is 0 Å². The third-order valence-corrected chi connectivity index (χ3v) is 3.68. The average Bonchev–Trinajstić information content (AvgIpc) is 2.36. The van der Waals surface area contributed by atoms with Gasteiger partial charge in [-0.2, -0.15) is 0 Å². The maximum Gasteiger partial charge on any atom is 0.222 e. The predicted octanol–water partition coefficient (Wildman–Crippen LogP) is 1.41. The van der Waals surface area contributed by atoms with Gasteiger partial charge in [0.05, 0.1) is 6.10 Å². The van der Waals surface area contributed by atoms with Crippen molar-refractivity contribution in [3.63, 3.8) is 0 Å². The molecule has 1 heterocycles. The molecule has 0 radical (unpaired) electrons. The van der Waals surface area contributed by atoms with E-state index in [4.69, 9.17) is 0 Å². The second-order valence-electron chi connectivity index (χ2n) is 4.69. The average molecular weight is 312 g/mol. The van der Waals surface area contributed by atoms with Crippen molar-refractivity contribution in [2.45, 2.75) is 39.4 Å². The van der Waals surface area contributed by atoms with Gasteiger partial charge in [-0.1, -0.05) is 17.8 Å². The molecule has 0 aliphatic carbocycles. The van der Waals surface area contributed by atoms with Crippen molar-refractivity contribution in [3.8, 4) is 0 Å². The van der Waals surface area contributed by atoms with E-state index in [0.29, 0.717) is 29.2 Å². The number of hydrogen-bond donors (Lipinski definition) is 3. The van der Waals surface area contributed by atoms with Crippen molar-refractivity contribution in [2.75, 3.05) is 11.1 Å². The molecule has 21 heavy (non-hydrogen) atoms. The molecule has 1 amide bonds. The van der Waals surface area contributed by atoms with E-state index >= 15 is 0 Å². The maximum atomic E-state index is 11.0. The number of nitrogens with one attached hydrogen (secondary N) is 1. The second kappa shape index (κ2) is 8.11. The smallest absolute Gasteiger partial charge is 0.222 e. The molecule has 0 spiro atoms. The van der Waals surface area contributed by atoms with Gasteiger partial charge in [-0.3, -0.25) is 9.59 Å². The van der Waals surface area contributed by atoms with Gasteiger partial charge in [-0.05, 0) is 19.4 Å². The Bertz CT molecular complexity index is 522. The quantitative estimate of drug-likeness (QED) is 0.734. The topological polar surface area (TPSA) is 99.5 Å². The van der Waals surface area contributed by atoms with Crippen LogP contribution in [0, 0.1) is 6.92 Å². The van der Waals surface area contributed by atoms with Gasteiger partial charge in [-0.25, -0.2) is 4.98 Å². The molecule has 1 aromatic heterocycles. The molecule has 0 fully saturated rings. The molecule has 116 valence electrons. The summed E-state index contributed by atoms with van der Waals surface area (Å²) >= 11 is 1.11. The highest BCUT2D eigenvalue weighted by molar-refractivity contribution is 8.13. The number of anilines is 1. The Labute approximate surface area is 128 Å². The third-order valence-electron chi connectivity index (χ3n) is 2.83. The first-order valence-corrected chi connectivity index (χ1v) is 7.54. The molecule has 0 bridgehead atoms. The minimum absolute atomic E-state index is 0.0193. The van der Waals surface area contributed by atoms with Crippen molar-refractivity contribution >= 4 is 28.6 Å². The largest absolute Gasteiger partial charge is 0.390 e. The Hall–Kier alpha value is -1.44. The van der Waals surface area contributed by atoms with Crippen molar-refractivity contribution in [1.29, 1.82) is 0 Å². The van der Waals surface area contributed by atoms with Gasteiger partial charge in [0, 0.05) is 30.9 Å². The van der Waals surface area contributed by atoms with Crippen LogP contribution in [0.4, 0.5) is 5.82 Å². The number of aryl methyl sites for hydroxylation is 1. The highest BCUT2D eigenvalue weighted by atomic mass is 32.2. The molecule has 0 saturated heterocycles. The Morgan fingerprint density at radius 3 is 2.52 bits per heavy atom. The Morgan fingerprint density at radius 2 is 2.00 bits per heavy atom. The molecule has 0 aliphatic heterocycles. The first kappa shape index (κ1) is 17.6. The molecule has 2 atom stereocenters. The third kappa shape index (κ3) is 5.82. The number of carbonyl (C=O) groups is 2. The lowest BCUT2D eigenvalue weighted by Crippen LogP contribution is -2.20. The van der Waals surface area contributed by atoms with Crippen molar-refractivity contribution < 1.29 is 19.8 Å². The lowest BCUT2D eigenvalue weighted by atomic mass is 10.0. The summed E-state index contributed by atoms with van der Waals surface area (Å²) in [7, 11) is 0. The van der Waals surface area contributed by atoms with Crippen LogP contribution in [0.25, 0.3) is 0 Å². The van der Waals surface area contributed by atoms with E-state index in [1.54, 1.807) is 19.1 Å². The molecular formula is C14H20N2O4S. The summed E-state index contributed by atoms with van der Waals surface area (Å²) in [4.78, 5) is 25.9. The number of aliphatic hydroxyl groups excluding tert-OH is 2. The molecule has 3 N–H and O–H groups in total. The van der Waals surface area contributed by atoms with E-state index in [9.17, 15) is 19.8 Å². The van der Waals surface area contributed by atoms with Gasteiger partial charge in [-0.15, -0.1) is 0 Å². The van der Waals surface area contributed by atoms with Crippen molar-refractivity contribution in [2.24, 2.45) is 0 Å². The van der Waals surface area contributed by atoms with E-state index in [2.05, 4.69) is 10.3 Å². The summed E-state index contributed by atoms with van der Waals surface area (Å²) in [6, 6.07) is 3.20. The lowest BCUT2D eigenvalue weighted by Gasteiger charge is -2.19. The molecule has 1 aromatic rings. The Kier molecular flexibility index (Phi) is 6.80. The number of hydrogen-bond acceptors (Lipinski definition) is 6. The summed E-state index contributed by atoms with van der Waals surface area (Å²) in [6.07, 6.45) is -1.74. The van der Waals surface area contributed by atoms with Gasteiger partial charge in [0.2, 0.25) is 5.91 Å². The zero-order chi connectivity index (χ0) is 16.0. The van der Waals surface area contributed by atoms with E-state index in [1.807, 2.05) is 0 Å². The zero-order valence-electron chi connectivity index (χ0n) is 12.3. The van der Waals surface area contributed by atoms with Crippen LogP contribution in [-0.2, 0) is 9.59 Å². The maximum absolute atomic E-state index is 11.0. The Morgan fingerprint density at radius 1 is 1.33 bits per heavy atom. The first-order valence-electron chi connectivity index (χ1n) is 6.56. The molecule has 2 unspecified atom stereocenters. The number of nitrogens with zero attached hydrogens (tertiary/aromatic N) is 1. The van der Waals surface area contributed by atoms with Crippen LogP contribution in [0.2, 0.25) is 0 Å². The molecular weight excluding hydrogens is 292 g/mol. The monoisotopic (exact) mass is 312 g/mol. The normalized spacial score (nSPS) is 13.6. The van der Waals surface area contributed by atoms with Crippen LogP contribution in [-0.4, -0.2) is 38.1 Å². The predicted molar refractivity (Wildman–Crippen MR) is 82.0 cm³/mol. The molecule has 0 saturated carbocycles. The summed E-state index contributed by atoms with van der Waals surface area (Å²) < 4.78 is 0. The number of pyridine rings is 1. The van der Waals surface area contributed by atoms with Gasteiger partial charge in [0.1, 0.15) is 11.9 Å². The number of carbonyl (C=O) groups excluding carboxylic acids is 2. The summed E-state index contributed by atoms with van der Waals surface area (Å²) in [6.45, 7) is 4.54. The van der Waals surface area contributed by atoms with Gasteiger partial charge >= 0.3 is 0 Å². The van der Waals surface area contributed by atoms with Gasteiger partial charge in [0.15, 0.2) is 5.12 Å². The van der Waals surface area contributed by atoms with Crippen LogP contribution >= 0.6 is 11.8 Å². The molecule has 0 aromatic carbocycles. The highest BCUT2D eigenvalue weighted by Crippen LogP contribution is 2.23. The van der Waals surface area contributed by atoms with Gasteiger partial charge < -0.3 is 15.5 Å². The summed E-state index contributed by atoms with van der Waals surface area (Å²) in [5, 5.41) is 22.6. The van der Waals surface area contributed by atoms with E-state index < -0.39 is 12.2 Å². The minimum atomic E-state index is -1.07. The lowest BCUT2D eigenvalue weighted by molar-refractivity contribution is -0.114. The SMILES string of the molecule is CC(=O)Nc1ccc(C(O)C(O)CCSC(C)=O)c(C)n1. The number of aliphatic hydroxyl groups is 2. The number of rotatable bonds is 6. The molecule has 0 aliphatic rings. The van der Waals surface area contributed by atoms with Crippen LogP contribution in [0.15, 0.2) is 12.1 Å². The van der Waals surface area contributed by atoms with Crippen molar-refractivity contribution in [3.05, 3.63) is 23.4 Å². The first-order chi connectivity index (χ1) is 9.81.